The molecule has 0 aromatic rings. The lowest BCUT2D eigenvalue weighted by atomic mass is 9.87. The molecule has 0 aliphatic rings. The SMILES string of the molecule is CC(C)(C)C(C)(O)OC(=O)O. The van der Waals surface area contributed by atoms with Crippen LogP contribution in [-0.4, -0.2) is 22.2 Å². The number of hydrogen-bond acceptors (Lipinski definition) is 3. The van der Waals surface area contributed by atoms with Gasteiger partial charge in [-0.2, -0.15) is 0 Å². The van der Waals surface area contributed by atoms with Gasteiger partial charge in [0.25, 0.3) is 0 Å². The van der Waals surface area contributed by atoms with E-state index in [0.717, 1.165) is 0 Å². The second kappa shape index (κ2) is 2.70. The monoisotopic (exact) mass is 162 g/mol. The fourth-order valence-electron chi connectivity index (χ4n) is 0.323. The lowest BCUT2D eigenvalue weighted by Crippen LogP contribution is -2.43. The van der Waals surface area contributed by atoms with Gasteiger partial charge in [-0.3, -0.25) is 0 Å². The van der Waals surface area contributed by atoms with Crippen LogP contribution in [0.5, 0.6) is 0 Å². The fourth-order valence-corrected chi connectivity index (χ4v) is 0.323. The van der Waals surface area contributed by atoms with Gasteiger partial charge in [0.15, 0.2) is 0 Å². The summed E-state index contributed by atoms with van der Waals surface area (Å²) in [4.78, 5) is 10.1. The van der Waals surface area contributed by atoms with E-state index in [2.05, 4.69) is 4.74 Å². The Morgan fingerprint density at radius 2 is 1.64 bits per heavy atom. The molecule has 0 aliphatic carbocycles. The van der Waals surface area contributed by atoms with Crippen LogP contribution in [0.3, 0.4) is 0 Å². The van der Waals surface area contributed by atoms with Crippen molar-refractivity contribution in [2.75, 3.05) is 0 Å². The molecule has 0 rings (SSSR count). The van der Waals surface area contributed by atoms with Crippen LogP contribution in [-0.2, 0) is 4.74 Å². The van der Waals surface area contributed by atoms with Crippen molar-refractivity contribution in [2.45, 2.75) is 33.5 Å². The van der Waals surface area contributed by atoms with Crippen LogP contribution in [0.25, 0.3) is 0 Å². The summed E-state index contributed by atoms with van der Waals surface area (Å²) in [6, 6.07) is 0. The summed E-state index contributed by atoms with van der Waals surface area (Å²) in [5.74, 6) is -1.64. The van der Waals surface area contributed by atoms with Gasteiger partial charge in [-0.15, -0.1) is 0 Å². The largest absolute Gasteiger partial charge is 0.508 e. The van der Waals surface area contributed by atoms with Crippen LogP contribution in [0.2, 0.25) is 0 Å². The van der Waals surface area contributed by atoms with Gasteiger partial charge < -0.3 is 14.9 Å². The number of rotatable bonds is 1. The Kier molecular flexibility index (Phi) is 2.51. The van der Waals surface area contributed by atoms with Gasteiger partial charge in [-0.05, 0) is 0 Å². The number of hydrogen-bond donors (Lipinski definition) is 2. The third-order valence-electron chi connectivity index (χ3n) is 1.68. The Balaban J connectivity index is 4.34. The quantitative estimate of drug-likeness (QED) is 0.452. The summed E-state index contributed by atoms with van der Waals surface area (Å²) in [5, 5.41) is 17.6. The minimum absolute atomic E-state index is 0.620. The summed E-state index contributed by atoms with van der Waals surface area (Å²) in [6.45, 7) is 6.39. The Hall–Kier alpha value is -0.770. The molecule has 66 valence electrons. The minimum Gasteiger partial charge on any atom is -0.450 e. The predicted molar refractivity (Wildman–Crippen MR) is 39.2 cm³/mol. The fraction of sp³-hybridized carbons (Fsp3) is 0.857. The summed E-state index contributed by atoms with van der Waals surface area (Å²) >= 11 is 0. The van der Waals surface area contributed by atoms with Crippen molar-refractivity contribution in [3.05, 3.63) is 0 Å². The van der Waals surface area contributed by atoms with Gasteiger partial charge in [-0.1, -0.05) is 20.8 Å². The molecule has 0 amide bonds. The highest BCUT2D eigenvalue weighted by molar-refractivity contribution is 5.57. The van der Waals surface area contributed by atoms with Crippen molar-refractivity contribution in [1.29, 1.82) is 0 Å². The predicted octanol–water partition coefficient (Wildman–Crippen LogP) is 1.44. The molecule has 2 N–H and O–H groups in total. The van der Waals surface area contributed by atoms with Gasteiger partial charge >= 0.3 is 6.16 Å². The highest BCUT2D eigenvalue weighted by Crippen LogP contribution is 2.30. The molecule has 0 heterocycles. The van der Waals surface area contributed by atoms with Crippen LogP contribution in [0.15, 0.2) is 0 Å². The lowest BCUT2D eigenvalue weighted by Gasteiger charge is -2.34. The van der Waals surface area contributed by atoms with Crippen molar-refractivity contribution in [3.8, 4) is 0 Å². The molecule has 0 spiro atoms. The Labute approximate surface area is 65.8 Å². The highest BCUT2D eigenvalue weighted by Gasteiger charge is 2.39. The van der Waals surface area contributed by atoms with E-state index >= 15 is 0 Å². The smallest absolute Gasteiger partial charge is 0.450 e. The third-order valence-corrected chi connectivity index (χ3v) is 1.68. The van der Waals surface area contributed by atoms with Crippen LogP contribution >= 0.6 is 0 Å². The van der Waals surface area contributed by atoms with E-state index in [1.54, 1.807) is 20.8 Å². The molecule has 4 nitrogen and oxygen atoms in total. The van der Waals surface area contributed by atoms with Crippen molar-refractivity contribution in [3.63, 3.8) is 0 Å². The molecular formula is C7H14O4. The molecule has 1 atom stereocenters. The molecular weight excluding hydrogens is 148 g/mol. The van der Waals surface area contributed by atoms with Crippen molar-refractivity contribution in [2.24, 2.45) is 5.41 Å². The molecule has 0 aliphatic heterocycles. The topological polar surface area (TPSA) is 66.8 Å². The summed E-state index contributed by atoms with van der Waals surface area (Å²) in [7, 11) is 0. The molecule has 0 saturated heterocycles. The second-order valence-corrected chi connectivity index (χ2v) is 3.60. The van der Waals surface area contributed by atoms with Crippen LogP contribution in [0.1, 0.15) is 27.7 Å². The van der Waals surface area contributed by atoms with E-state index in [4.69, 9.17) is 5.11 Å². The van der Waals surface area contributed by atoms with E-state index in [9.17, 15) is 9.90 Å². The normalized spacial score (nSPS) is 17.2. The van der Waals surface area contributed by atoms with Crippen molar-refractivity contribution in [1.82, 2.24) is 0 Å². The first kappa shape index (κ1) is 10.2. The van der Waals surface area contributed by atoms with Crippen LogP contribution < -0.4 is 0 Å². The molecule has 11 heavy (non-hydrogen) atoms. The molecule has 0 aromatic heterocycles. The number of carboxylic acid groups (broad SMARTS) is 1. The Morgan fingerprint density at radius 1 is 1.27 bits per heavy atom. The van der Waals surface area contributed by atoms with Crippen LogP contribution in [0.4, 0.5) is 4.79 Å². The third kappa shape index (κ3) is 2.76. The van der Waals surface area contributed by atoms with Gasteiger partial charge in [0.1, 0.15) is 0 Å². The molecule has 0 radical (unpaired) electrons. The first-order valence-electron chi connectivity index (χ1n) is 3.31. The van der Waals surface area contributed by atoms with Crippen molar-refractivity contribution < 1.29 is 19.7 Å². The van der Waals surface area contributed by atoms with Gasteiger partial charge in [0.2, 0.25) is 5.79 Å². The standard InChI is InChI=1S/C7H14O4/c1-6(2,3)7(4,10)11-5(8)9/h10H,1-4H3,(H,8,9). The lowest BCUT2D eigenvalue weighted by molar-refractivity contribution is -0.219. The second-order valence-electron chi connectivity index (χ2n) is 3.60. The zero-order chi connectivity index (χ0) is 9.28. The minimum atomic E-state index is -1.64. The maximum atomic E-state index is 10.1. The highest BCUT2D eigenvalue weighted by atomic mass is 16.7. The maximum absolute atomic E-state index is 10.1. The van der Waals surface area contributed by atoms with Gasteiger partial charge in [-0.25, -0.2) is 4.79 Å². The van der Waals surface area contributed by atoms with E-state index in [0.29, 0.717) is 0 Å². The number of carbonyl (C=O) groups is 1. The average molecular weight is 162 g/mol. The number of ether oxygens (including phenoxy) is 1. The van der Waals surface area contributed by atoms with E-state index in [-0.39, 0.29) is 0 Å². The molecule has 0 saturated carbocycles. The molecule has 1 unspecified atom stereocenters. The van der Waals surface area contributed by atoms with Gasteiger partial charge in [0, 0.05) is 12.3 Å². The number of aliphatic hydroxyl groups is 1. The summed E-state index contributed by atoms with van der Waals surface area (Å²) in [6.07, 6.45) is -1.47. The van der Waals surface area contributed by atoms with Crippen LogP contribution in [0, 0.1) is 5.41 Å². The zero-order valence-corrected chi connectivity index (χ0v) is 7.21. The van der Waals surface area contributed by atoms with E-state index in [1.807, 2.05) is 0 Å². The maximum Gasteiger partial charge on any atom is 0.508 e. The molecule has 0 bridgehead atoms. The Bertz CT molecular complexity index is 154. The first-order valence-corrected chi connectivity index (χ1v) is 3.31. The van der Waals surface area contributed by atoms with Gasteiger partial charge in [0.05, 0.1) is 0 Å². The molecule has 0 fully saturated rings. The van der Waals surface area contributed by atoms with Crippen molar-refractivity contribution >= 4 is 6.16 Å². The Morgan fingerprint density at radius 3 is 1.73 bits per heavy atom. The molecule has 4 heteroatoms. The summed E-state index contributed by atoms with van der Waals surface area (Å²) < 4.78 is 4.27. The summed E-state index contributed by atoms with van der Waals surface area (Å²) in [5.41, 5.74) is -0.620. The molecule has 0 aromatic carbocycles. The average Bonchev–Trinajstić information content (AvgIpc) is 1.56. The van der Waals surface area contributed by atoms with E-state index in [1.165, 1.54) is 6.92 Å². The first-order chi connectivity index (χ1) is 4.67. The zero-order valence-electron chi connectivity index (χ0n) is 7.21. The van der Waals surface area contributed by atoms with E-state index < -0.39 is 17.4 Å².